The van der Waals surface area contributed by atoms with Crippen molar-refractivity contribution in [2.45, 2.75) is 38.7 Å². The molecule has 1 aliphatic rings. The molecule has 0 aromatic heterocycles. The summed E-state index contributed by atoms with van der Waals surface area (Å²) in [6, 6.07) is 7.63. The summed E-state index contributed by atoms with van der Waals surface area (Å²) in [5, 5.41) is 11.5. The van der Waals surface area contributed by atoms with Crippen LogP contribution in [0.5, 0.6) is 0 Å². The van der Waals surface area contributed by atoms with E-state index in [0.29, 0.717) is 5.92 Å². The first-order chi connectivity index (χ1) is 7.52. The molecular weight excluding hydrogens is 220 g/mol. The Bertz CT molecular complexity index is 360. The van der Waals surface area contributed by atoms with Crippen LogP contribution in [-0.2, 0) is 5.60 Å². The second-order valence-electron chi connectivity index (χ2n) is 5.21. The Balaban J connectivity index is 2.27. The summed E-state index contributed by atoms with van der Waals surface area (Å²) < 4.78 is 0. The van der Waals surface area contributed by atoms with Crippen molar-refractivity contribution in [1.29, 1.82) is 0 Å². The predicted molar refractivity (Wildman–Crippen MR) is 67.5 cm³/mol. The fourth-order valence-electron chi connectivity index (χ4n) is 2.80. The van der Waals surface area contributed by atoms with Crippen LogP contribution in [0.4, 0.5) is 0 Å². The van der Waals surface area contributed by atoms with E-state index in [9.17, 15) is 5.11 Å². The van der Waals surface area contributed by atoms with Gasteiger partial charge in [0.2, 0.25) is 0 Å². The zero-order chi connectivity index (χ0) is 11.8. The van der Waals surface area contributed by atoms with Crippen LogP contribution in [0.3, 0.4) is 0 Å². The minimum Gasteiger partial charge on any atom is -0.385 e. The first-order valence-electron chi connectivity index (χ1n) is 6.01. The second kappa shape index (κ2) is 4.38. The molecule has 3 atom stereocenters. The zero-order valence-corrected chi connectivity index (χ0v) is 10.7. The Kier molecular flexibility index (Phi) is 3.27. The summed E-state index contributed by atoms with van der Waals surface area (Å²) in [7, 11) is 0. The van der Waals surface area contributed by atoms with E-state index < -0.39 is 5.60 Å². The van der Waals surface area contributed by atoms with Gasteiger partial charge in [0.05, 0.1) is 5.60 Å². The van der Waals surface area contributed by atoms with Crippen molar-refractivity contribution in [2.75, 3.05) is 0 Å². The van der Waals surface area contributed by atoms with Gasteiger partial charge in [0.1, 0.15) is 0 Å². The highest BCUT2D eigenvalue weighted by molar-refractivity contribution is 6.30. The molecule has 1 saturated carbocycles. The average Bonchev–Trinajstić information content (AvgIpc) is 2.25. The fraction of sp³-hybridized carbons (Fsp3) is 0.571. The number of benzene rings is 1. The smallest absolute Gasteiger partial charge is 0.0922 e. The SMILES string of the molecule is CC1CCC(O)(c2ccc(Cl)cc2)C(C)C1. The van der Waals surface area contributed by atoms with E-state index in [1.54, 1.807) is 0 Å². The Hall–Kier alpha value is -0.530. The van der Waals surface area contributed by atoms with Gasteiger partial charge in [0.25, 0.3) is 0 Å². The molecule has 88 valence electrons. The van der Waals surface area contributed by atoms with Gasteiger partial charge in [-0.15, -0.1) is 0 Å². The average molecular weight is 239 g/mol. The minimum absolute atomic E-state index is 0.317. The third kappa shape index (κ3) is 2.11. The number of hydrogen-bond donors (Lipinski definition) is 1. The molecule has 3 unspecified atom stereocenters. The molecule has 0 heterocycles. The molecule has 0 saturated heterocycles. The molecule has 1 N–H and O–H groups in total. The van der Waals surface area contributed by atoms with Crippen LogP contribution in [0.1, 0.15) is 38.7 Å². The van der Waals surface area contributed by atoms with Crippen LogP contribution in [0, 0.1) is 11.8 Å². The van der Waals surface area contributed by atoms with Gasteiger partial charge in [-0.2, -0.15) is 0 Å². The largest absolute Gasteiger partial charge is 0.385 e. The summed E-state index contributed by atoms with van der Waals surface area (Å²) in [5.41, 5.74) is 0.355. The van der Waals surface area contributed by atoms with E-state index in [-0.39, 0.29) is 0 Å². The lowest BCUT2D eigenvalue weighted by molar-refractivity contribution is -0.0587. The molecule has 1 fully saturated rings. The third-order valence-corrected chi connectivity index (χ3v) is 4.19. The van der Waals surface area contributed by atoms with Gasteiger partial charge in [-0.05, 0) is 48.8 Å². The maximum absolute atomic E-state index is 10.8. The van der Waals surface area contributed by atoms with Gasteiger partial charge >= 0.3 is 0 Å². The molecule has 2 heteroatoms. The van der Waals surface area contributed by atoms with E-state index in [1.807, 2.05) is 24.3 Å². The summed E-state index contributed by atoms with van der Waals surface area (Å²) >= 11 is 5.87. The van der Waals surface area contributed by atoms with Crippen LogP contribution in [0.15, 0.2) is 24.3 Å². The Morgan fingerprint density at radius 1 is 1.25 bits per heavy atom. The van der Waals surface area contributed by atoms with E-state index in [1.165, 1.54) is 0 Å². The van der Waals surface area contributed by atoms with Crippen molar-refractivity contribution in [3.63, 3.8) is 0 Å². The highest BCUT2D eigenvalue weighted by atomic mass is 35.5. The third-order valence-electron chi connectivity index (χ3n) is 3.93. The van der Waals surface area contributed by atoms with Gasteiger partial charge < -0.3 is 5.11 Å². The normalized spacial score (nSPS) is 35.0. The second-order valence-corrected chi connectivity index (χ2v) is 5.65. The van der Waals surface area contributed by atoms with Crippen LogP contribution >= 0.6 is 11.6 Å². The molecular formula is C14H19ClO. The number of halogens is 1. The number of hydrogen-bond acceptors (Lipinski definition) is 1. The molecule has 0 radical (unpaired) electrons. The Labute approximate surface area is 102 Å². The molecule has 2 rings (SSSR count). The van der Waals surface area contributed by atoms with Crippen molar-refractivity contribution in [3.8, 4) is 0 Å². The van der Waals surface area contributed by atoms with Crippen molar-refractivity contribution >= 4 is 11.6 Å². The van der Waals surface area contributed by atoms with Crippen molar-refractivity contribution in [1.82, 2.24) is 0 Å². The number of rotatable bonds is 1. The summed E-state index contributed by atoms with van der Waals surface area (Å²) in [4.78, 5) is 0. The van der Waals surface area contributed by atoms with Crippen LogP contribution < -0.4 is 0 Å². The maximum Gasteiger partial charge on any atom is 0.0922 e. The minimum atomic E-state index is -0.656. The van der Waals surface area contributed by atoms with E-state index in [2.05, 4.69) is 13.8 Å². The zero-order valence-electron chi connectivity index (χ0n) is 9.91. The first-order valence-corrected chi connectivity index (χ1v) is 6.38. The van der Waals surface area contributed by atoms with Crippen molar-refractivity contribution in [2.24, 2.45) is 11.8 Å². The molecule has 0 bridgehead atoms. The molecule has 1 nitrogen and oxygen atoms in total. The topological polar surface area (TPSA) is 20.2 Å². The highest BCUT2D eigenvalue weighted by Crippen LogP contribution is 2.43. The van der Waals surface area contributed by atoms with Gasteiger partial charge in [0.15, 0.2) is 0 Å². The van der Waals surface area contributed by atoms with Gasteiger partial charge in [0, 0.05) is 5.02 Å². The molecule has 1 aliphatic carbocycles. The summed E-state index contributed by atoms with van der Waals surface area (Å²) in [6.45, 7) is 4.40. The van der Waals surface area contributed by atoms with Gasteiger partial charge in [-0.1, -0.05) is 37.6 Å². The first kappa shape index (κ1) is 11.9. The molecule has 1 aromatic rings. The van der Waals surface area contributed by atoms with Gasteiger partial charge in [-0.25, -0.2) is 0 Å². The van der Waals surface area contributed by atoms with Crippen molar-refractivity contribution in [3.05, 3.63) is 34.9 Å². The summed E-state index contributed by atoms with van der Waals surface area (Å²) in [6.07, 6.45) is 3.06. The lowest BCUT2D eigenvalue weighted by Crippen LogP contribution is -2.38. The highest BCUT2D eigenvalue weighted by Gasteiger charge is 2.39. The lowest BCUT2D eigenvalue weighted by Gasteiger charge is -2.41. The van der Waals surface area contributed by atoms with E-state index >= 15 is 0 Å². The molecule has 0 amide bonds. The summed E-state index contributed by atoms with van der Waals surface area (Å²) in [5.74, 6) is 1.04. The molecule has 16 heavy (non-hydrogen) atoms. The molecule has 0 spiro atoms. The Morgan fingerprint density at radius 2 is 1.88 bits per heavy atom. The fourth-order valence-corrected chi connectivity index (χ4v) is 2.92. The van der Waals surface area contributed by atoms with Crippen LogP contribution in [0.2, 0.25) is 5.02 Å². The quantitative estimate of drug-likeness (QED) is 0.785. The van der Waals surface area contributed by atoms with E-state index in [0.717, 1.165) is 35.8 Å². The maximum atomic E-state index is 10.8. The number of aliphatic hydroxyl groups is 1. The van der Waals surface area contributed by atoms with Crippen molar-refractivity contribution < 1.29 is 5.11 Å². The monoisotopic (exact) mass is 238 g/mol. The van der Waals surface area contributed by atoms with E-state index in [4.69, 9.17) is 11.6 Å². The lowest BCUT2D eigenvalue weighted by atomic mass is 9.69. The van der Waals surface area contributed by atoms with Gasteiger partial charge in [-0.3, -0.25) is 0 Å². The Morgan fingerprint density at radius 3 is 2.44 bits per heavy atom. The van der Waals surface area contributed by atoms with Crippen LogP contribution in [0.25, 0.3) is 0 Å². The van der Waals surface area contributed by atoms with Crippen LogP contribution in [-0.4, -0.2) is 5.11 Å². The standard InChI is InChI=1S/C14H19ClO/c1-10-7-8-14(16,11(2)9-10)12-3-5-13(15)6-4-12/h3-6,10-11,16H,7-9H2,1-2H3. The molecule has 0 aliphatic heterocycles. The predicted octanol–water partition coefficient (Wildman–Crippen LogP) is 3.98. The molecule has 1 aromatic carbocycles.